The predicted octanol–water partition coefficient (Wildman–Crippen LogP) is 3.01. The number of hydrogen-bond acceptors (Lipinski definition) is 3. The van der Waals surface area contributed by atoms with E-state index in [9.17, 15) is 0 Å². The lowest BCUT2D eigenvalue weighted by Gasteiger charge is -2.28. The lowest BCUT2D eigenvalue weighted by Crippen LogP contribution is -2.50. The number of nitrogens with zero attached hydrogens (tertiary/aromatic N) is 1. The van der Waals surface area contributed by atoms with Gasteiger partial charge in [-0.25, -0.2) is 0 Å². The highest BCUT2D eigenvalue weighted by Crippen LogP contribution is 2.34. The van der Waals surface area contributed by atoms with Crippen molar-refractivity contribution in [1.82, 2.24) is 10.6 Å². The number of ether oxygens (including phenoxy) is 1. The Labute approximate surface area is 144 Å². The van der Waals surface area contributed by atoms with Crippen LogP contribution in [0.5, 0.6) is 0 Å². The quantitative estimate of drug-likeness (QED) is 0.643. The molecule has 3 unspecified atom stereocenters. The molecule has 5 heteroatoms. The van der Waals surface area contributed by atoms with Gasteiger partial charge in [0.25, 0.3) is 0 Å². The summed E-state index contributed by atoms with van der Waals surface area (Å²) in [7, 11) is 0. The number of furan rings is 1. The van der Waals surface area contributed by atoms with Crippen molar-refractivity contribution in [2.75, 3.05) is 6.54 Å². The molecular weight excluding hydrogens is 302 g/mol. The van der Waals surface area contributed by atoms with E-state index >= 15 is 0 Å². The summed E-state index contributed by atoms with van der Waals surface area (Å²) < 4.78 is 11.4. The lowest BCUT2D eigenvalue weighted by atomic mass is 9.95. The summed E-state index contributed by atoms with van der Waals surface area (Å²) in [5, 5.41) is 7.33. The van der Waals surface area contributed by atoms with Gasteiger partial charge in [-0.1, -0.05) is 19.3 Å². The normalized spacial score (nSPS) is 30.7. The molecular formula is C19H29N3O2. The Morgan fingerprint density at radius 1 is 1.12 bits per heavy atom. The first-order valence-electron chi connectivity index (χ1n) is 9.62. The Morgan fingerprint density at radius 2 is 2.04 bits per heavy atom. The second-order valence-corrected chi connectivity index (χ2v) is 7.40. The first-order chi connectivity index (χ1) is 11.9. The van der Waals surface area contributed by atoms with Crippen LogP contribution in [0.1, 0.15) is 57.1 Å². The molecule has 3 aliphatic rings. The van der Waals surface area contributed by atoms with E-state index in [0.29, 0.717) is 24.3 Å². The van der Waals surface area contributed by atoms with Gasteiger partial charge in [0.15, 0.2) is 5.96 Å². The van der Waals surface area contributed by atoms with Gasteiger partial charge in [0.05, 0.1) is 24.5 Å². The smallest absolute Gasteiger partial charge is 0.191 e. The van der Waals surface area contributed by atoms with Crippen molar-refractivity contribution in [2.45, 2.75) is 82.1 Å². The summed E-state index contributed by atoms with van der Waals surface area (Å²) in [4.78, 5) is 4.82. The Balaban J connectivity index is 1.35. The van der Waals surface area contributed by atoms with Crippen LogP contribution >= 0.6 is 0 Å². The van der Waals surface area contributed by atoms with Crippen molar-refractivity contribution in [3.8, 4) is 0 Å². The maximum atomic E-state index is 5.98. The minimum absolute atomic E-state index is 0.374. The molecule has 1 aromatic rings. The number of hydrogen-bond donors (Lipinski definition) is 2. The molecule has 5 nitrogen and oxygen atoms in total. The molecule has 132 valence electrons. The summed E-state index contributed by atoms with van der Waals surface area (Å²) in [6.07, 6.45) is 13.5. The van der Waals surface area contributed by atoms with Crippen molar-refractivity contribution in [2.24, 2.45) is 4.99 Å². The second-order valence-electron chi connectivity index (χ2n) is 7.40. The molecule has 4 rings (SSSR count). The Kier molecular flexibility index (Phi) is 5.07. The summed E-state index contributed by atoms with van der Waals surface area (Å²) in [6, 6.07) is 4.93. The van der Waals surface area contributed by atoms with E-state index < -0.39 is 0 Å². The number of fused-ring (bicyclic) bond motifs is 2. The van der Waals surface area contributed by atoms with Gasteiger partial charge in [0, 0.05) is 19.0 Å². The van der Waals surface area contributed by atoms with E-state index in [4.69, 9.17) is 14.1 Å². The molecule has 1 aromatic heterocycles. The third-order valence-corrected chi connectivity index (χ3v) is 5.58. The monoisotopic (exact) mass is 331 g/mol. The first kappa shape index (κ1) is 16.0. The maximum absolute atomic E-state index is 5.98. The molecule has 1 aliphatic carbocycles. The van der Waals surface area contributed by atoms with Crippen molar-refractivity contribution in [3.05, 3.63) is 24.2 Å². The van der Waals surface area contributed by atoms with E-state index in [-0.39, 0.29) is 0 Å². The first-order valence-corrected chi connectivity index (χ1v) is 9.62. The fourth-order valence-corrected chi connectivity index (χ4v) is 4.27. The number of guanidine groups is 1. The van der Waals surface area contributed by atoms with Gasteiger partial charge in [0.1, 0.15) is 5.76 Å². The zero-order valence-corrected chi connectivity index (χ0v) is 14.4. The molecule has 0 amide bonds. The Bertz CT molecular complexity index is 537. The van der Waals surface area contributed by atoms with Gasteiger partial charge in [0.2, 0.25) is 0 Å². The Hall–Kier alpha value is -1.49. The average Bonchev–Trinajstić information content (AvgIpc) is 3.34. The maximum Gasteiger partial charge on any atom is 0.191 e. The van der Waals surface area contributed by atoms with Crippen LogP contribution in [0.2, 0.25) is 0 Å². The van der Waals surface area contributed by atoms with Gasteiger partial charge >= 0.3 is 0 Å². The van der Waals surface area contributed by atoms with Gasteiger partial charge in [-0.05, 0) is 44.2 Å². The molecule has 0 aromatic carbocycles. The van der Waals surface area contributed by atoms with E-state index in [2.05, 4.69) is 10.6 Å². The zero-order valence-electron chi connectivity index (χ0n) is 14.4. The number of nitrogens with one attached hydrogen (secondary N) is 2. The minimum Gasteiger partial charge on any atom is -0.469 e. The largest absolute Gasteiger partial charge is 0.469 e. The van der Waals surface area contributed by atoms with Crippen LogP contribution in [0.25, 0.3) is 0 Å². The highest BCUT2D eigenvalue weighted by atomic mass is 16.5. The second kappa shape index (κ2) is 7.60. The third-order valence-electron chi connectivity index (χ3n) is 5.58. The topological polar surface area (TPSA) is 58.8 Å². The molecule has 3 heterocycles. The third kappa shape index (κ3) is 3.94. The molecule has 1 saturated carbocycles. The van der Waals surface area contributed by atoms with Gasteiger partial charge in [-0.2, -0.15) is 0 Å². The average molecular weight is 331 g/mol. The number of aliphatic imine (C=N–C) groups is 1. The van der Waals surface area contributed by atoms with Crippen molar-refractivity contribution in [3.63, 3.8) is 0 Å². The fraction of sp³-hybridized carbons (Fsp3) is 0.737. The van der Waals surface area contributed by atoms with E-state index in [0.717, 1.165) is 31.1 Å². The predicted molar refractivity (Wildman–Crippen MR) is 94.2 cm³/mol. The fourth-order valence-electron chi connectivity index (χ4n) is 4.27. The molecule has 24 heavy (non-hydrogen) atoms. The van der Waals surface area contributed by atoms with Gasteiger partial charge < -0.3 is 19.8 Å². The highest BCUT2D eigenvalue weighted by molar-refractivity contribution is 5.80. The summed E-state index contributed by atoms with van der Waals surface area (Å²) in [6.45, 7) is 0.747. The van der Waals surface area contributed by atoms with Crippen molar-refractivity contribution in [1.29, 1.82) is 0 Å². The van der Waals surface area contributed by atoms with E-state index in [1.54, 1.807) is 6.26 Å². The van der Waals surface area contributed by atoms with Crippen LogP contribution in [0.4, 0.5) is 0 Å². The Morgan fingerprint density at radius 3 is 2.75 bits per heavy atom. The number of rotatable bonds is 5. The molecule has 3 fully saturated rings. The molecule has 3 atom stereocenters. The van der Waals surface area contributed by atoms with Crippen LogP contribution in [-0.2, 0) is 11.2 Å². The highest BCUT2D eigenvalue weighted by Gasteiger charge is 2.41. The molecule has 2 bridgehead atoms. The van der Waals surface area contributed by atoms with Crippen LogP contribution < -0.4 is 10.6 Å². The molecule has 2 saturated heterocycles. The molecule has 0 spiro atoms. The van der Waals surface area contributed by atoms with Crippen LogP contribution in [-0.4, -0.2) is 36.8 Å². The van der Waals surface area contributed by atoms with E-state index in [1.165, 1.54) is 44.9 Å². The molecule has 2 aliphatic heterocycles. The summed E-state index contributed by atoms with van der Waals surface area (Å²) in [5.74, 6) is 1.97. The summed E-state index contributed by atoms with van der Waals surface area (Å²) in [5.41, 5.74) is 0. The summed E-state index contributed by atoms with van der Waals surface area (Å²) >= 11 is 0. The van der Waals surface area contributed by atoms with E-state index in [1.807, 2.05) is 12.1 Å². The minimum atomic E-state index is 0.374. The zero-order chi connectivity index (χ0) is 16.2. The standard InChI is InChI=1S/C19H29N3O2/c1-2-5-14(6-3-1)21-19(20-11-10-15-7-4-12-23-15)22-17-13-16-8-9-18(17)24-16/h4,7,12,14,16-18H,1-3,5-6,8-11,13H2,(H2,20,21,22). The van der Waals surface area contributed by atoms with Crippen LogP contribution in [0.15, 0.2) is 27.8 Å². The van der Waals surface area contributed by atoms with Crippen LogP contribution in [0, 0.1) is 0 Å². The lowest BCUT2D eigenvalue weighted by molar-refractivity contribution is 0.0992. The molecule has 2 N–H and O–H groups in total. The SMILES string of the molecule is c1coc(CCN=C(NC2CCCCC2)NC2CC3CCC2O3)c1. The van der Waals surface area contributed by atoms with Gasteiger partial charge in [-0.3, -0.25) is 4.99 Å². The molecule has 0 radical (unpaired) electrons. The van der Waals surface area contributed by atoms with Gasteiger partial charge in [-0.15, -0.1) is 0 Å². The van der Waals surface area contributed by atoms with Crippen molar-refractivity contribution < 1.29 is 9.15 Å². The van der Waals surface area contributed by atoms with Crippen molar-refractivity contribution >= 4 is 5.96 Å². The van der Waals surface area contributed by atoms with Crippen LogP contribution in [0.3, 0.4) is 0 Å².